The predicted octanol–water partition coefficient (Wildman–Crippen LogP) is -1.27. The van der Waals surface area contributed by atoms with Crippen molar-refractivity contribution in [2.45, 2.75) is 19.4 Å². The first kappa shape index (κ1) is 13.7. The molecule has 0 atom stereocenters. The summed E-state index contributed by atoms with van der Waals surface area (Å²) in [5, 5.41) is 10.7. The van der Waals surface area contributed by atoms with Gasteiger partial charge in [-0.15, -0.1) is 0 Å². The number of hydrogen-bond acceptors (Lipinski definition) is 5. The monoisotopic (exact) mass is 291 g/mol. The van der Waals surface area contributed by atoms with E-state index in [4.69, 9.17) is 9.47 Å². The van der Waals surface area contributed by atoms with Crippen LogP contribution in [0.25, 0.3) is 11.0 Å². The normalized spacial score (nSPS) is 13.6. The molecule has 1 aromatic heterocycles. The second-order valence-corrected chi connectivity index (χ2v) is 4.89. The van der Waals surface area contributed by atoms with Gasteiger partial charge < -0.3 is 29.7 Å². The number of imidazole rings is 1. The van der Waals surface area contributed by atoms with E-state index in [1.807, 2.05) is 16.7 Å². The van der Waals surface area contributed by atoms with Crippen molar-refractivity contribution in [3.63, 3.8) is 0 Å². The fourth-order valence-electron chi connectivity index (χ4n) is 2.51. The van der Waals surface area contributed by atoms with Gasteiger partial charge in [0.1, 0.15) is 19.0 Å². The molecular weight excluding hydrogens is 274 g/mol. The van der Waals surface area contributed by atoms with Crippen molar-refractivity contribution in [1.82, 2.24) is 9.55 Å². The van der Waals surface area contributed by atoms with E-state index < -0.39 is 5.97 Å². The number of aromatic nitrogens is 2. The van der Waals surface area contributed by atoms with E-state index in [2.05, 4.69) is 10.7 Å². The summed E-state index contributed by atoms with van der Waals surface area (Å²) in [4.78, 5) is 15.3. The van der Waals surface area contributed by atoms with Gasteiger partial charge in [-0.05, 0) is 0 Å². The largest absolute Gasteiger partial charge is 0.550 e. The lowest BCUT2D eigenvalue weighted by Gasteiger charge is -2.18. The molecule has 1 aliphatic rings. The molecule has 112 valence electrons. The lowest BCUT2D eigenvalue weighted by molar-refractivity contribution is -0.366. The summed E-state index contributed by atoms with van der Waals surface area (Å²) in [6, 6.07) is 3.70. The summed E-state index contributed by atoms with van der Waals surface area (Å²) in [6.45, 7) is 2.06. The van der Waals surface area contributed by atoms with Crippen LogP contribution in [0.3, 0.4) is 0 Å². The molecule has 7 nitrogen and oxygen atoms in total. The molecule has 0 unspecified atom stereocenters. The van der Waals surface area contributed by atoms with E-state index in [-0.39, 0.29) is 6.42 Å². The Morgan fingerprint density at radius 1 is 1.33 bits per heavy atom. The van der Waals surface area contributed by atoms with Crippen LogP contribution in [-0.2, 0) is 17.8 Å². The number of hydrogen-bond donors (Lipinski definition) is 1. The highest BCUT2D eigenvalue weighted by Gasteiger charge is 2.18. The molecule has 0 spiro atoms. The fourth-order valence-corrected chi connectivity index (χ4v) is 2.51. The Bertz CT molecular complexity index is 680. The highest BCUT2D eigenvalue weighted by molar-refractivity contribution is 5.81. The quantitative estimate of drug-likeness (QED) is 0.740. The second-order valence-electron chi connectivity index (χ2n) is 4.89. The highest BCUT2D eigenvalue weighted by Crippen LogP contribution is 2.34. The van der Waals surface area contributed by atoms with Gasteiger partial charge in [-0.3, -0.25) is 0 Å². The molecule has 2 heterocycles. The van der Waals surface area contributed by atoms with Gasteiger partial charge in [-0.25, -0.2) is 4.98 Å². The molecule has 1 aromatic carbocycles. The van der Waals surface area contributed by atoms with Crippen molar-refractivity contribution in [1.29, 1.82) is 0 Å². The van der Waals surface area contributed by atoms with E-state index in [1.54, 1.807) is 0 Å². The Morgan fingerprint density at radius 3 is 2.71 bits per heavy atom. The molecule has 3 rings (SSSR count). The van der Waals surface area contributed by atoms with Crippen molar-refractivity contribution in [3.8, 4) is 11.5 Å². The average molecular weight is 291 g/mol. The van der Waals surface area contributed by atoms with E-state index in [9.17, 15) is 9.90 Å². The molecule has 0 radical (unpaired) electrons. The van der Waals surface area contributed by atoms with Crippen LogP contribution in [0.4, 0.5) is 0 Å². The number of carboxylic acids is 1. The van der Waals surface area contributed by atoms with Gasteiger partial charge in [0, 0.05) is 31.1 Å². The number of nitrogens with zero attached hydrogens (tertiary/aromatic N) is 2. The fraction of sp³-hybridized carbons (Fsp3) is 0.429. The van der Waals surface area contributed by atoms with Crippen LogP contribution in [-0.4, -0.2) is 35.3 Å². The van der Waals surface area contributed by atoms with Crippen LogP contribution in [0.1, 0.15) is 12.2 Å². The minimum absolute atomic E-state index is 0.0515. The Hall–Kier alpha value is -2.28. The van der Waals surface area contributed by atoms with Crippen LogP contribution >= 0.6 is 0 Å². The van der Waals surface area contributed by atoms with E-state index in [0.29, 0.717) is 44.2 Å². The van der Waals surface area contributed by atoms with Crippen LogP contribution in [0, 0.1) is 0 Å². The molecule has 2 aromatic rings. The Balaban J connectivity index is 2.07. The number of aliphatic carboxylic acids is 1. The lowest BCUT2D eigenvalue weighted by Crippen LogP contribution is -2.51. The molecule has 0 saturated carbocycles. The molecule has 0 saturated heterocycles. The highest BCUT2D eigenvalue weighted by atomic mass is 16.6. The molecule has 0 amide bonds. The van der Waals surface area contributed by atoms with Gasteiger partial charge in [0.15, 0.2) is 11.5 Å². The SMILES string of the molecule is [NH3+]CCc1nc2cc3c(cc2n1CCC(=O)[O-])OCCO3. The number of rotatable bonds is 5. The number of carbonyl (C=O) groups excluding carboxylic acids is 1. The van der Waals surface area contributed by atoms with E-state index >= 15 is 0 Å². The van der Waals surface area contributed by atoms with Crippen molar-refractivity contribution >= 4 is 17.0 Å². The minimum Gasteiger partial charge on any atom is -0.550 e. The van der Waals surface area contributed by atoms with Crippen LogP contribution in [0.2, 0.25) is 0 Å². The first-order chi connectivity index (χ1) is 10.2. The number of ether oxygens (including phenoxy) is 2. The number of fused-ring (bicyclic) bond motifs is 2. The maximum absolute atomic E-state index is 10.7. The zero-order valence-electron chi connectivity index (χ0n) is 11.6. The Labute approximate surface area is 121 Å². The van der Waals surface area contributed by atoms with Crippen molar-refractivity contribution in [2.24, 2.45) is 0 Å². The maximum Gasteiger partial charge on any atom is 0.163 e. The molecule has 7 heteroatoms. The molecule has 0 aliphatic carbocycles. The van der Waals surface area contributed by atoms with Gasteiger partial charge in [0.2, 0.25) is 0 Å². The second kappa shape index (κ2) is 5.61. The summed E-state index contributed by atoms with van der Waals surface area (Å²) in [7, 11) is 0. The first-order valence-electron chi connectivity index (χ1n) is 6.97. The van der Waals surface area contributed by atoms with Gasteiger partial charge in [-0.1, -0.05) is 0 Å². The Morgan fingerprint density at radius 2 is 2.05 bits per heavy atom. The molecule has 21 heavy (non-hydrogen) atoms. The molecular formula is C14H17N3O4. The van der Waals surface area contributed by atoms with Crippen LogP contribution in [0.5, 0.6) is 11.5 Å². The van der Waals surface area contributed by atoms with Crippen LogP contribution in [0.15, 0.2) is 12.1 Å². The molecule has 1 aliphatic heterocycles. The molecule has 3 N–H and O–H groups in total. The third-order valence-corrected chi connectivity index (χ3v) is 3.43. The van der Waals surface area contributed by atoms with Crippen molar-refractivity contribution in [2.75, 3.05) is 19.8 Å². The van der Waals surface area contributed by atoms with Crippen LogP contribution < -0.4 is 20.3 Å². The lowest BCUT2D eigenvalue weighted by atomic mass is 10.2. The zero-order chi connectivity index (χ0) is 14.8. The third kappa shape index (κ3) is 2.64. The van der Waals surface area contributed by atoms with E-state index in [0.717, 1.165) is 16.9 Å². The standard InChI is InChI=1S/C14H17N3O4/c15-3-1-13-16-9-7-11-12(21-6-5-20-11)8-10(9)17(13)4-2-14(18)19/h7-8H,1-6,15H2,(H,18,19). The Kier molecular flexibility index (Phi) is 3.66. The first-order valence-corrected chi connectivity index (χ1v) is 6.97. The summed E-state index contributed by atoms with van der Waals surface area (Å²) in [5.74, 6) is 1.10. The number of benzene rings is 1. The number of carboxylic acid groups (broad SMARTS) is 1. The summed E-state index contributed by atoms with van der Waals surface area (Å²) < 4.78 is 13.0. The minimum atomic E-state index is -1.07. The van der Waals surface area contributed by atoms with Crippen molar-refractivity contribution in [3.05, 3.63) is 18.0 Å². The smallest absolute Gasteiger partial charge is 0.163 e. The van der Waals surface area contributed by atoms with Gasteiger partial charge >= 0.3 is 0 Å². The molecule has 0 bridgehead atoms. The predicted molar refractivity (Wildman–Crippen MR) is 71.8 cm³/mol. The summed E-state index contributed by atoms with van der Waals surface area (Å²) in [5.41, 5.74) is 5.46. The molecule has 0 fully saturated rings. The maximum atomic E-state index is 10.7. The van der Waals surface area contributed by atoms with Gasteiger partial charge in [-0.2, -0.15) is 0 Å². The number of quaternary nitrogens is 1. The number of carbonyl (C=O) groups is 1. The van der Waals surface area contributed by atoms with E-state index in [1.165, 1.54) is 0 Å². The zero-order valence-corrected chi connectivity index (χ0v) is 11.6. The topological polar surface area (TPSA) is 104 Å². The summed E-state index contributed by atoms with van der Waals surface area (Å²) in [6.07, 6.45) is 0.637. The average Bonchev–Trinajstić information content (AvgIpc) is 2.79. The third-order valence-electron chi connectivity index (χ3n) is 3.43. The van der Waals surface area contributed by atoms with Gasteiger partial charge in [0.25, 0.3) is 0 Å². The number of aryl methyl sites for hydroxylation is 1. The summed E-state index contributed by atoms with van der Waals surface area (Å²) >= 11 is 0. The van der Waals surface area contributed by atoms with Gasteiger partial charge in [0.05, 0.1) is 24.0 Å². The van der Waals surface area contributed by atoms with Crippen molar-refractivity contribution < 1.29 is 25.1 Å².